The van der Waals surface area contributed by atoms with Crippen LogP contribution in [-0.2, 0) is 9.53 Å². The van der Waals surface area contributed by atoms with Gasteiger partial charge in [-0.15, -0.1) is 0 Å². The lowest BCUT2D eigenvalue weighted by Crippen LogP contribution is -2.54. The monoisotopic (exact) mass is 464 g/mol. The zero-order valence-corrected chi connectivity index (χ0v) is 18.4. The van der Waals surface area contributed by atoms with Gasteiger partial charge in [0.2, 0.25) is 12.7 Å². The average molecular weight is 465 g/mol. The van der Waals surface area contributed by atoms with E-state index in [0.717, 1.165) is 38.5 Å². The second-order valence-corrected chi connectivity index (χ2v) is 9.51. The van der Waals surface area contributed by atoms with Gasteiger partial charge in [-0.1, -0.05) is 11.8 Å². The number of anilines is 1. The summed E-state index contributed by atoms with van der Waals surface area (Å²) in [6.45, 7) is 4.68. The van der Waals surface area contributed by atoms with Crippen molar-refractivity contribution in [3.8, 4) is 11.5 Å². The quantitative estimate of drug-likeness (QED) is 0.471. The lowest BCUT2D eigenvalue weighted by molar-refractivity contribution is -0.129. The van der Waals surface area contributed by atoms with E-state index in [9.17, 15) is 15.0 Å². The van der Waals surface area contributed by atoms with E-state index >= 15 is 0 Å². The summed E-state index contributed by atoms with van der Waals surface area (Å²) >= 11 is 1.43. The summed E-state index contributed by atoms with van der Waals surface area (Å²) in [6, 6.07) is 4.96. The topological polar surface area (TPSA) is 125 Å². The number of carbonyl (C=O) groups excluding carboxylic acids is 1. The number of amides is 1. The van der Waals surface area contributed by atoms with E-state index in [1.54, 1.807) is 0 Å². The standard InChI is InChI=1S/C21H28N4O6S/c26-14-10-13(20(28)22-3-4-25-5-7-29-8-6-25)19-17(18(14)27)24-21(32-19)23-12-1-2-15-16(9-12)31-11-30-15/h1-2,9,13-14,17-19,26-27H,3-8,10-11H2,(H,22,28)(H,23,24). The van der Waals surface area contributed by atoms with Gasteiger partial charge in [-0.2, -0.15) is 0 Å². The van der Waals surface area contributed by atoms with Gasteiger partial charge in [0, 0.05) is 43.2 Å². The minimum atomic E-state index is -0.999. The number of fused-ring (bicyclic) bond motifs is 2. The van der Waals surface area contributed by atoms with Crippen LogP contribution in [0.4, 0.5) is 5.69 Å². The third-order valence-electron chi connectivity index (χ3n) is 6.28. The number of hydrogen-bond acceptors (Lipinski definition) is 10. The molecule has 174 valence electrons. The van der Waals surface area contributed by atoms with E-state index in [0.29, 0.717) is 23.2 Å². The summed E-state index contributed by atoms with van der Waals surface area (Å²) in [6.07, 6.45) is -1.77. The molecule has 4 N–H and O–H groups in total. The maximum absolute atomic E-state index is 13.0. The molecule has 4 aliphatic rings. The molecule has 0 radical (unpaired) electrons. The fraction of sp³-hybridized carbons (Fsp3) is 0.619. The Labute approximate surface area is 190 Å². The third-order valence-corrected chi connectivity index (χ3v) is 7.59. The minimum Gasteiger partial charge on any atom is -0.454 e. The van der Waals surface area contributed by atoms with Gasteiger partial charge in [-0.05, 0) is 18.6 Å². The van der Waals surface area contributed by atoms with Gasteiger partial charge < -0.3 is 35.1 Å². The van der Waals surface area contributed by atoms with Gasteiger partial charge in [-0.25, -0.2) is 0 Å². The van der Waals surface area contributed by atoms with E-state index in [2.05, 4.69) is 20.5 Å². The molecular formula is C21H28N4O6S. The van der Waals surface area contributed by atoms with Crippen molar-refractivity contribution < 1.29 is 29.2 Å². The predicted molar refractivity (Wildman–Crippen MR) is 119 cm³/mol. The molecule has 5 rings (SSSR count). The molecule has 0 aromatic heterocycles. The van der Waals surface area contributed by atoms with Gasteiger partial charge >= 0.3 is 0 Å². The van der Waals surface area contributed by atoms with Crippen molar-refractivity contribution in [1.82, 2.24) is 10.2 Å². The molecule has 1 aliphatic carbocycles. The van der Waals surface area contributed by atoms with E-state index in [1.165, 1.54) is 11.8 Å². The molecular weight excluding hydrogens is 436 g/mol. The van der Waals surface area contributed by atoms with Crippen molar-refractivity contribution in [1.29, 1.82) is 0 Å². The number of nitrogens with one attached hydrogen (secondary N) is 2. The molecule has 1 aromatic carbocycles. The highest BCUT2D eigenvalue weighted by Gasteiger charge is 2.50. The van der Waals surface area contributed by atoms with Crippen molar-refractivity contribution in [2.24, 2.45) is 10.9 Å². The normalized spacial score (nSPS) is 31.7. The minimum absolute atomic E-state index is 0.105. The van der Waals surface area contributed by atoms with Gasteiger partial charge in [0.25, 0.3) is 0 Å². The number of ether oxygens (including phenoxy) is 3. The van der Waals surface area contributed by atoms with E-state index in [4.69, 9.17) is 14.2 Å². The van der Waals surface area contributed by atoms with Crippen LogP contribution in [0.2, 0.25) is 0 Å². The van der Waals surface area contributed by atoms with Crippen LogP contribution in [0.1, 0.15) is 6.42 Å². The maximum Gasteiger partial charge on any atom is 0.231 e. The molecule has 1 saturated heterocycles. The Bertz CT molecular complexity index is 880. The summed E-state index contributed by atoms with van der Waals surface area (Å²) in [5.74, 6) is 0.806. The summed E-state index contributed by atoms with van der Waals surface area (Å²) in [5.41, 5.74) is 0.778. The van der Waals surface area contributed by atoms with Crippen LogP contribution in [0.5, 0.6) is 11.5 Å². The third kappa shape index (κ3) is 4.53. The van der Waals surface area contributed by atoms with E-state index in [-0.39, 0.29) is 24.4 Å². The number of morpholine rings is 1. The zero-order chi connectivity index (χ0) is 22.1. The summed E-state index contributed by atoms with van der Waals surface area (Å²) in [4.78, 5) is 19.8. The number of benzene rings is 1. The summed E-state index contributed by atoms with van der Waals surface area (Å²) in [7, 11) is 0. The number of aliphatic hydroxyl groups excluding tert-OH is 2. The second kappa shape index (κ2) is 9.44. The van der Waals surface area contributed by atoms with Crippen LogP contribution in [0.25, 0.3) is 0 Å². The van der Waals surface area contributed by atoms with Gasteiger partial charge in [-0.3, -0.25) is 14.7 Å². The van der Waals surface area contributed by atoms with Crippen LogP contribution >= 0.6 is 11.8 Å². The molecule has 1 saturated carbocycles. The Morgan fingerprint density at radius 1 is 1.22 bits per heavy atom. The fourth-order valence-corrected chi connectivity index (χ4v) is 5.88. The molecule has 5 atom stereocenters. The lowest BCUT2D eigenvalue weighted by Gasteiger charge is -2.37. The number of thioether (sulfide) groups is 1. The predicted octanol–water partition coefficient (Wildman–Crippen LogP) is -0.143. The van der Waals surface area contributed by atoms with Crippen molar-refractivity contribution in [3.05, 3.63) is 18.2 Å². The first kappa shape index (κ1) is 21.8. The number of nitrogens with zero attached hydrogens (tertiary/aromatic N) is 2. The Balaban J connectivity index is 1.21. The molecule has 0 spiro atoms. The molecule has 0 bridgehead atoms. The summed E-state index contributed by atoms with van der Waals surface area (Å²) < 4.78 is 16.1. The summed E-state index contributed by atoms with van der Waals surface area (Å²) in [5, 5.41) is 27.5. The first-order chi connectivity index (χ1) is 15.6. The van der Waals surface area contributed by atoms with Crippen molar-refractivity contribution in [2.45, 2.75) is 29.9 Å². The van der Waals surface area contributed by atoms with E-state index < -0.39 is 24.2 Å². The molecule has 1 aromatic rings. The molecule has 32 heavy (non-hydrogen) atoms. The molecule has 1 amide bonds. The van der Waals surface area contributed by atoms with Crippen LogP contribution in [0, 0.1) is 5.92 Å². The number of aliphatic hydroxyl groups is 2. The second-order valence-electron chi connectivity index (χ2n) is 8.35. The largest absolute Gasteiger partial charge is 0.454 e. The molecule has 2 fully saturated rings. The Kier molecular flexibility index (Phi) is 6.42. The first-order valence-corrected chi connectivity index (χ1v) is 11.8. The van der Waals surface area contributed by atoms with Gasteiger partial charge in [0.05, 0.1) is 31.3 Å². The lowest BCUT2D eigenvalue weighted by atomic mass is 9.81. The fourth-order valence-electron chi connectivity index (χ4n) is 4.50. The van der Waals surface area contributed by atoms with Crippen molar-refractivity contribution >= 4 is 28.5 Å². The van der Waals surface area contributed by atoms with Crippen LogP contribution < -0.4 is 20.1 Å². The smallest absolute Gasteiger partial charge is 0.231 e. The van der Waals surface area contributed by atoms with Crippen LogP contribution in [-0.4, -0.2) is 95.9 Å². The van der Waals surface area contributed by atoms with Gasteiger partial charge in [0.15, 0.2) is 16.7 Å². The van der Waals surface area contributed by atoms with E-state index in [1.807, 2.05) is 18.2 Å². The Hall–Kier alpha value is -2.05. The maximum atomic E-state index is 13.0. The van der Waals surface area contributed by atoms with Crippen LogP contribution in [0.3, 0.4) is 0 Å². The molecule has 5 unspecified atom stereocenters. The molecule has 10 nitrogen and oxygen atoms in total. The number of amidine groups is 1. The van der Waals surface area contributed by atoms with Crippen LogP contribution in [0.15, 0.2) is 23.2 Å². The molecule has 11 heteroatoms. The molecule has 3 aliphatic heterocycles. The zero-order valence-electron chi connectivity index (χ0n) is 17.6. The highest BCUT2D eigenvalue weighted by molar-refractivity contribution is 8.15. The average Bonchev–Trinajstić information content (AvgIpc) is 3.44. The molecule has 3 heterocycles. The number of rotatable bonds is 5. The Morgan fingerprint density at radius 3 is 2.88 bits per heavy atom. The van der Waals surface area contributed by atoms with Crippen molar-refractivity contribution in [3.63, 3.8) is 0 Å². The highest BCUT2D eigenvalue weighted by Crippen LogP contribution is 2.42. The Morgan fingerprint density at radius 2 is 2.03 bits per heavy atom. The highest BCUT2D eigenvalue weighted by atomic mass is 32.2. The first-order valence-electron chi connectivity index (χ1n) is 10.9. The van der Waals surface area contributed by atoms with Gasteiger partial charge in [0.1, 0.15) is 6.10 Å². The number of aliphatic imine (C=N–C) groups is 1. The van der Waals surface area contributed by atoms with Crippen molar-refractivity contribution in [2.75, 3.05) is 51.5 Å². The number of hydrogen-bond donors (Lipinski definition) is 4. The number of carbonyl (C=O) groups is 1. The SMILES string of the molecule is O=C(NCCN1CCOCC1)C1CC(O)C(O)C2N=C(Nc3ccc4c(c3)OCO4)SC12.